The molecule has 0 saturated heterocycles. The molecule has 1 atom stereocenters. The second-order valence-electron chi connectivity index (χ2n) is 4.02. The molecule has 0 spiro atoms. The van der Waals surface area contributed by atoms with Crippen molar-refractivity contribution in [1.29, 1.82) is 0 Å². The van der Waals surface area contributed by atoms with Gasteiger partial charge in [0.05, 0.1) is 8.07 Å². The van der Waals surface area contributed by atoms with Gasteiger partial charge in [0.2, 0.25) is 0 Å². The monoisotopic (exact) mass is 152 g/mol. The van der Waals surface area contributed by atoms with Gasteiger partial charge in [0, 0.05) is 0 Å². The van der Waals surface area contributed by atoms with Crippen LogP contribution < -0.4 is 0 Å². The minimum Gasteiger partial charge on any atom is -0.0842 e. The summed E-state index contributed by atoms with van der Waals surface area (Å²) >= 11 is 0. The van der Waals surface area contributed by atoms with Gasteiger partial charge in [-0.1, -0.05) is 43.9 Å². The molecule has 0 N–H and O–H groups in total. The Hall–Kier alpha value is -0.303. The Morgan fingerprint density at radius 1 is 1.20 bits per heavy atom. The first kappa shape index (κ1) is 7.80. The van der Waals surface area contributed by atoms with Gasteiger partial charge in [-0.2, -0.15) is 0 Å². The number of hydrogen-bond acceptors (Lipinski definition) is 0. The topological polar surface area (TPSA) is 0 Å². The lowest BCUT2D eigenvalue weighted by atomic mass is 10.2. The van der Waals surface area contributed by atoms with Gasteiger partial charge in [-0.25, -0.2) is 0 Å². The Labute approximate surface area is 64.7 Å². The number of allylic oxidation sites excluding steroid dienone is 4. The summed E-state index contributed by atoms with van der Waals surface area (Å²) in [5.74, 6) is 0. The Kier molecular flexibility index (Phi) is 2.14. The minimum atomic E-state index is -0.894. The van der Waals surface area contributed by atoms with Crippen molar-refractivity contribution >= 4 is 8.07 Å². The SMILES string of the molecule is C[Si](C)(C)C1C=CC=CC1. The minimum absolute atomic E-state index is 0.873. The van der Waals surface area contributed by atoms with Crippen LogP contribution in [0.3, 0.4) is 0 Å². The van der Waals surface area contributed by atoms with Gasteiger partial charge < -0.3 is 0 Å². The molecule has 0 aliphatic heterocycles. The zero-order valence-electron chi connectivity index (χ0n) is 7.09. The molecule has 1 aliphatic rings. The molecule has 0 amide bonds. The fraction of sp³-hybridized carbons (Fsp3) is 0.556. The van der Waals surface area contributed by atoms with Gasteiger partial charge in [-0.3, -0.25) is 0 Å². The molecule has 56 valence electrons. The highest BCUT2D eigenvalue weighted by atomic mass is 28.3. The first-order valence-electron chi connectivity index (χ1n) is 3.94. The van der Waals surface area contributed by atoms with Crippen molar-refractivity contribution in [1.82, 2.24) is 0 Å². The van der Waals surface area contributed by atoms with Gasteiger partial charge >= 0.3 is 0 Å². The van der Waals surface area contributed by atoms with E-state index in [2.05, 4.69) is 43.9 Å². The van der Waals surface area contributed by atoms with Crippen LogP contribution >= 0.6 is 0 Å². The molecule has 0 aromatic rings. The van der Waals surface area contributed by atoms with Crippen LogP contribution in [0.5, 0.6) is 0 Å². The molecule has 0 radical (unpaired) electrons. The quantitative estimate of drug-likeness (QED) is 0.506. The van der Waals surface area contributed by atoms with Crippen LogP contribution in [0.4, 0.5) is 0 Å². The molecule has 1 unspecified atom stereocenters. The Balaban J connectivity index is 2.60. The molecule has 0 saturated carbocycles. The van der Waals surface area contributed by atoms with E-state index >= 15 is 0 Å². The molecule has 0 fully saturated rings. The summed E-state index contributed by atoms with van der Waals surface area (Å²) in [6.45, 7) is 7.30. The van der Waals surface area contributed by atoms with Gasteiger partial charge in [-0.15, -0.1) is 0 Å². The number of rotatable bonds is 1. The van der Waals surface area contributed by atoms with Crippen LogP contribution in [0.1, 0.15) is 6.42 Å². The molecule has 0 heterocycles. The summed E-state index contributed by atoms with van der Waals surface area (Å²) in [6.07, 6.45) is 10.3. The van der Waals surface area contributed by atoms with Crippen molar-refractivity contribution in [3.8, 4) is 0 Å². The summed E-state index contributed by atoms with van der Waals surface area (Å²) in [4.78, 5) is 0. The molecule has 1 heteroatoms. The zero-order chi connectivity index (χ0) is 7.61. The highest BCUT2D eigenvalue weighted by Gasteiger charge is 2.23. The smallest absolute Gasteiger partial charge is 0.0517 e. The highest BCUT2D eigenvalue weighted by Crippen LogP contribution is 2.29. The molecular weight excluding hydrogens is 136 g/mol. The van der Waals surface area contributed by atoms with E-state index < -0.39 is 8.07 Å². The Morgan fingerprint density at radius 3 is 2.20 bits per heavy atom. The third-order valence-electron chi connectivity index (χ3n) is 2.09. The van der Waals surface area contributed by atoms with Crippen LogP contribution in [-0.4, -0.2) is 8.07 Å². The second kappa shape index (κ2) is 2.75. The van der Waals surface area contributed by atoms with Gasteiger partial charge in [0.25, 0.3) is 0 Å². The van der Waals surface area contributed by atoms with E-state index in [4.69, 9.17) is 0 Å². The molecule has 0 aromatic carbocycles. The molecule has 10 heavy (non-hydrogen) atoms. The average molecular weight is 152 g/mol. The number of hydrogen-bond donors (Lipinski definition) is 0. The van der Waals surface area contributed by atoms with Crippen molar-refractivity contribution in [2.24, 2.45) is 0 Å². The summed E-state index contributed by atoms with van der Waals surface area (Å²) in [6, 6.07) is 0. The van der Waals surface area contributed by atoms with Crippen LogP contribution in [0.15, 0.2) is 24.3 Å². The Morgan fingerprint density at radius 2 is 1.90 bits per heavy atom. The maximum absolute atomic E-state index is 2.43. The third kappa shape index (κ3) is 1.84. The maximum atomic E-state index is 2.43. The summed E-state index contributed by atoms with van der Waals surface area (Å²) in [7, 11) is -0.894. The van der Waals surface area contributed by atoms with E-state index in [1.165, 1.54) is 6.42 Å². The van der Waals surface area contributed by atoms with E-state index in [0.717, 1.165) is 5.54 Å². The van der Waals surface area contributed by atoms with Crippen LogP contribution in [0.25, 0.3) is 0 Å². The first-order valence-corrected chi connectivity index (χ1v) is 7.52. The highest BCUT2D eigenvalue weighted by molar-refractivity contribution is 6.78. The van der Waals surface area contributed by atoms with E-state index in [1.807, 2.05) is 0 Å². The van der Waals surface area contributed by atoms with E-state index in [9.17, 15) is 0 Å². The third-order valence-corrected chi connectivity index (χ3v) is 4.75. The maximum Gasteiger partial charge on any atom is 0.0517 e. The first-order chi connectivity index (χ1) is 4.61. The molecule has 1 rings (SSSR count). The molecule has 0 bridgehead atoms. The molecule has 0 aromatic heterocycles. The normalized spacial score (nSPS) is 25.3. The van der Waals surface area contributed by atoms with Crippen LogP contribution in [-0.2, 0) is 0 Å². The molecule has 0 nitrogen and oxygen atoms in total. The predicted molar refractivity (Wildman–Crippen MR) is 50.0 cm³/mol. The van der Waals surface area contributed by atoms with Gasteiger partial charge in [-0.05, 0) is 12.0 Å². The summed E-state index contributed by atoms with van der Waals surface area (Å²) in [5.41, 5.74) is 0.873. The van der Waals surface area contributed by atoms with E-state index in [-0.39, 0.29) is 0 Å². The van der Waals surface area contributed by atoms with Gasteiger partial charge in [0.1, 0.15) is 0 Å². The average Bonchev–Trinajstić information content (AvgIpc) is 1.88. The summed E-state index contributed by atoms with van der Waals surface area (Å²) < 4.78 is 0. The lowest BCUT2D eigenvalue weighted by Gasteiger charge is -2.26. The Bertz CT molecular complexity index is 160. The van der Waals surface area contributed by atoms with E-state index in [1.54, 1.807) is 0 Å². The fourth-order valence-corrected chi connectivity index (χ4v) is 2.75. The van der Waals surface area contributed by atoms with Crippen molar-refractivity contribution in [2.45, 2.75) is 31.6 Å². The zero-order valence-corrected chi connectivity index (χ0v) is 8.09. The summed E-state index contributed by atoms with van der Waals surface area (Å²) in [5, 5.41) is 0. The lowest BCUT2D eigenvalue weighted by molar-refractivity contribution is 0.979. The predicted octanol–water partition coefficient (Wildman–Crippen LogP) is 3.21. The largest absolute Gasteiger partial charge is 0.0842 e. The lowest BCUT2D eigenvalue weighted by Crippen LogP contribution is -2.26. The molecule has 1 aliphatic carbocycles. The van der Waals surface area contributed by atoms with Crippen molar-refractivity contribution in [3.63, 3.8) is 0 Å². The van der Waals surface area contributed by atoms with Crippen molar-refractivity contribution in [3.05, 3.63) is 24.3 Å². The second-order valence-corrected chi connectivity index (χ2v) is 9.49. The van der Waals surface area contributed by atoms with Crippen LogP contribution in [0, 0.1) is 0 Å². The van der Waals surface area contributed by atoms with Crippen molar-refractivity contribution in [2.75, 3.05) is 0 Å². The fourth-order valence-electron chi connectivity index (χ4n) is 1.22. The molecular formula is C9H16Si. The standard InChI is InChI=1S/C9H16Si/c1-10(2,3)9-7-5-4-6-8-9/h4-7,9H,8H2,1-3H3. The van der Waals surface area contributed by atoms with Crippen molar-refractivity contribution < 1.29 is 0 Å². The van der Waals surface area contributed by atoms with E-state index in [0.29, 0.717) is 0 Å². The van der Waals surface area contributed by atoms with Crippen LogP contribution in [0.2, 0.25) is 25.2 Å². The van der Waals surface area contributed by atoms with Gasteiger partial charge in [0.15, 0.2) is 0 Å².